The topological polar surface area (TPSA) is 286 Å². The number of hydrogen-bond donors (Lipinski definition) is 4. The number of nitrogens with zero attached hydrogens (tertiary/aromatic N) is 2. The van der Waals surface area contributed by atoms with Crippen molar-refractivity contribution >= 4 is 54.8 Å². The largest absolute Gasteiger partial charge is 0.507 e. The van der Waals surface area contributed by atoms with Crippen LogP contribution < -0.4 is 24.4 Å². The molecule has 0 aliphatic carbocycles. The summed E-state index contributed by atoms with van der Waals surface area (Å²) >= 11 is 5.47. The number of β-amino-alcohol motifs (C(OH)–C–C–N with tert-alkyl or cyclic N) is 1. The molecule has 2 saturated heterocycles. The highest BCUT2D eigenvalue weighted by molar-refractivity contribution is 7.54. The van der Waals surface area contributed by atoms with Gasteiger partial charge in [0.2, 0.25) is 0 Å². The molecular formula is C62H81ClN2O20P2. The van der Waals surface area contributed by atoms with E-state index in [9.17, 15) is 48.7 Å². The van der Waals surface area contributed by atoms with E-state index in [-0.39, 0.29) is 96.0 Å². The molecule has 2 fully saturated rings. The fraction of sp³-hybridized carbons (Fsp3) is 0.452. The number of halogens is 1. The number of ketones is 1. The first-order valence-corrected chi connectivity index (χ1v) is 32.3. The summed E-state index contributed by atoms with van der Waals surface area (Å²) in [6.07, 6.45) is 6.98. The Morgan fingerprint density at radius 3 is 1.74 bits per heavy atom. The Labute approximate surface area is 512 Å². The van der Waals surface area contributed by atoms with Crippen LogP contribution >= 0.6 is 26.8 Å². The number of para-hydroxylation sites is 2. The summed E-state index contributed by atoms with van der Waals surface area (Å²) in [7, 11) is 0.478. The van der Waals surface area contributed by atoms with Crippen LogP contribution in [-0.2, 0) is 36.8 Å². The third-order valence-corrected chi connectivity index (χ3v) is 18.0. The van der Waals surface area contributed by atoms with Crippen molar-refractivity contribution in [3.05, 3.63) is 124 Å². The van der Waals surface area contributed by atoms with Gasteiger partial charge in [-0.25, -0.2) is 0 Å². The maximum absolute atomic E-state index is 13.2. The van der Waals surface area contributed by atoms with Crippen LogP contribution in [0.4, 0.5) is 0 Å². The third kappa shape index (κ3) is 19.7. The fourth-order valence-electron chi connectivity index (χ4n) is 10.1. The van der Waals surface area contributed by atoms with Crippen molar-refractivity contribution in [1.82, 2.24) is 9.80 Å². The van der Waals surface area contributed by atoms with Gasteiger partial charge in [0, 0.05) is 61.2 Å². The number of aromatic hydroxyl groups is 3. The summed E-state index contributed by atoms with van der Waals surface area (Å²) < 4.78 is 79.5. The summed E-state index contributed by atoms with van der Waals surface area (Å²) in [5, 5.41) is 42.3. The zero-order chi connectivity index (χ0) is 64.0. The minimum atomic E-state index is -3.20. The van der Waals surface area contributed by atoms with Gasteiger partial charge in [-0.05, 0) is 111 Å². The second-order valence-electron chi connectivity index (χ2n) is 20.1. The van der Waals surface area contributed by atoms with Gasteiger partial charge in [-0.1, -0.05) is 48.6 Å². The number of Topliss-reactive ketones (excluding diaryl/α,β-unsaturated/α-hetero) is 1. The fourth-order valence-corrected chi connectivity index (χ4v) is 13.2. The highest BCUT2D eigenvalue weighted by Gasteiger charge is 2.38. The molecule has 0 saturated carbocycles. The number of phenols is 3. The molecule has 0 unspecified atom stereocenters. The zero-order valence-corrected chi connectivity index (χ0v) is 53.4. The maximum atomic E-state index is 13.2. The van der Waals surface area contributed by atoms with E-state index in [1.54, 1.807) is 107 Å². The first kappa shape index (κ1) is 71.2. The number of piperidine rings is 2. The molecule has 3 heterocycles. The zero-order valence-electron chi connectivity index (χ0n) is 50.9. The normalized spacial score (nSPS) is 17.5. The number of likely N-dealkylation sites (N-methyl/N-ethyl adjacent to an activating group) is 2. The number of phenolic OH excluding ortho intramolecular Hbond substituents is 3. The molecule has 0 spiro atoms. The second kappa shape index (κ2) is 34.3. The van der Waals surface area contributed by atoms with E-state index in [4.69, 9.17) is 57.8 Å². The molecule has 87 heavy (non-hydrogen) atoms. The lowest BCUT2D eigenvalue weighted by Gasteiger charge is -2.37. The quantitative estimate of drug-likeness (QED) is 0.0132. The molecule has 4 N–H and O–H groups in total. The first-order chi connectivity index (χ1) is 41.5. The monoisotopic (exact) mass is 1270 g/mol. The maximum Gasteiger partial charge on any atom is 0.334 e. The Bertz CT molecular complexity index is 3330. The number of carbonyl (C=O) groups is 3. The Kier molecular flexibility index (Phi) is 28.0. The van der Waals surface area contributed by atoms with Gasteiger partial charge in [-0.3, -0.25) is 28.3 Å². The number of ether oxygens (including phenoxy) is 5. The number of methoxy groups -OCH3 is 2. The van der Waals surface area contributed by atoms with Crippen LogP contribution in [0.5, 0.6) is 40.2 Å². The van der Waals surface area contributed by atoms with Gasteiger partial charge < -0.3 is 76.4 Å². The van der Waals surface area contributed by atoms with E-state index in [2.05, 4.69) is 4.90 Å². The lowest BCUT2D eigenvalue weighted by molar-refractivity contribution is -0.149. The molecule has 2 aliphatic heterocycles. The minimum Gasteiger partial charge on any atom is -0.507 e. The molecule has 2 aliphatic rings. The van der Waals surface area contributed by atoms with Gasteiger partial charge in [0.05, 0.1) is 70.2 Å². The van der Waals surface area contributed by atoms with Crippen molar-refractivity contribution in [1.29, 1.82) is 0 Å². The van der Waals surface area contributed by atoms with Crippen LogP contribution in [0.1, 0.15) is 98.1 Å². The highest BCUT2D eigenvalue weighted by atomic mass is 35.5. The Morgan fingerprint density at radius 2 is 1.21 bits per heavy atom. The van der Waals surface area contributed by atoms with Gasteiger partial charge in [-0.15, -0.1) is 0 Å². The molecule has 1 aromatic heterocycles. The van der Waals surface area contributed by atoms with E-state index in [0.717, 1.165) is 12.6 Å². The summed E-state index contributed by atoms with van der Waals surface area (Å²) in [4.78, 5) is 52.0. The van der Waals surface area contributed by atoms with Crippen LogP contribution in [0, 0.1) is 0 Å². The summed E-state index contributed by atoms with van der Waals surface area (Å²) in [5.74, 6) is -0.596. The number of fused-ring (bicyclic) bond motifs is 1. The molecule has 7 rings (SSSR count). The molecule has 4 aromatic carbocycles. The number of hydrogen-bond acceptors (Lipinski definition) is 22. The van der Waals surface area contributed by atoms with Crippen molar-refractivity contribution in [2.24, 2.45) is 0 Å². The Morgan fingerprint density at radius 1 is 0.678 bits per heavy atom. The number of aliphatic hydroxyl groups is 1. The molecule has 0 bridgehead atoms. The molecular weight excluding hydrogens is 1190 g/mol. The standard InChI is InChI=1S/C29H36NO9P.C18H25NO6.C15H20ClO5P/c1-4-37-40(35,38-5-2)15-9-8-14-36-25-11-7-6-10-20(25)26-17-23(33)28-22(32)16-21(31)27(29(28)39-26)19-12-13-30(3)18-24(19)34;1-10(20)16-13(23-4)8-14(24-5)17(18(16)22)12-6-7-19(3)9-15(12)25-11(2)21;1-3-20-22(18,21-4-2)12-8-7-11-19-14-10-6-5-9-13(14)15(16)17/h6-11,16-17,19,24,31-32,34H,4-5,12-15,18H2,1-3H3;8,12,15,22H,6-7,9H2,1-5H3;5-10H,3-4,11-12H2,1-2H3/b9-8+;;8-7+/t19-,24+;12-,15+;/m00./s1. The molecule has 0 radical (unpaired) electrons. The van der Waals surface area contributed by atoms with E-state index in [1.807, 2.05) is 19.0 Å². The predicted molar refractivity (Wildman–Crippen MR) is 331 cm³/mol. The van der Waals surface area contributed by atoms with E-state index in [0.29, 0.717) is 85.2 Å². The lowest BCUT2D eigenvalue weighted by Crippen LogP contribution is -2.43. The van der Waals surface area contributed by atoms with E-state index in [1.165, 1.54) is 34.1 Å². The van der Waals surface area contributed by atoms with Gasteiger partial charge in [-0.2, -0.15) is 0 Å². The SMILES string of the molecule is CCOP(=O)(C/C=C/COc1ccccc1-c1cc(=O)c2c(O)cc(O)c([C@H]3CCN(C)C[C@H]3O)c2o1)OCC.CCOP(=O)(C/C=C/COc1ccccc1C(=O)Cl)OCC.COc1cc(OC)c([C@H]2CCN(C)C[C@H]2OC(C)=O)c(O)c1C(C)=O. The van der Waals surface area contributed by atoms with Gasteiger partial charge in [0.25, 0.3) is 5.24 Å². The van der Waals surface area contributed by atoms with Crippen LogP contribution in [0.2, 0.25) is 0 Å². The number of rotatable bonds is 26. The van der Waals surface area contributed by atoms with Crippen LogP contribution in [0.3, 0.4) is 0 Å². The number of carbonyl (C=O) groups excluding carboxylic acids is 3. The van der Waals surface area contributed by atoms with Crippen molar-refractivity contribution in [2.75, 3.05) is 106 Å². The molecule has 25 heteroatoms. The average molecular weight is 1270 g/mol. The third-order valence-electron chi connectivity index (χ3n) is 13.9. The number of esters is 1. The van der Waals surface area contributed by atoms with Gasteiger partial charge in [0.1, 0.15) is 81.9 Å². The minimum absolute atomic E-state index is 0.0332. The Hall–Kier alpha value is -6.55. The lowest BCUT2D eigenvalue weighted by atomic mass is 9.84. The molecule has 22 nitrogen and oxygen atoms in total. The van der Waals surface area contributed by atoms with Crippen LogP contribution in [0.15, 0.2) is 100 Å². The second-order valence-corrected chi connectivity index (χ2v) is 24.7. The number of allylic oxidation sites excluding steroid dienone is 2. The highest BCUT2D eigenvalue weighted by Crippen LogP contribution is 2.50. The number of benzene rings is 4. The molecule has 5 aromatic rings. The van der Waals surface area contributed by atoms with Gasteiger partial charge >= 0.3 is 21.2 Å². The van der Waals surface area contributed by atoms with Crippen LogP contribution in [0.25, 0.3) is 22.3 Å². The smallest absolute Gasteiger partial charge is 0.334 e. The molecule has 4 atom stereocenters. The van der Waals surface area contributed by atoms with E-state index < -0.39 is 49.7 Å². The summed E-state index contributed by atoms with van der Waals surface area (Å²) in [6, 6.07) is 17.7. The number of likely N-dealkylation sites (tertiary alicyclic amines) is 2. The first-order valence-electron chi connectivity index (χ1n) is 28.4. The van der Waals surface area contributed by atoms with E-state index >= 15 is 0 Å². The van der Waals surface area contributed by atoms with Crippen molar-refractivity contribution in [3.63, 3.8) is 0 Å². The Balaban J connectivity index is 0.000000254. The van der Waals surface area contributed by atoms with Crippen molar-refractivity contribution < 1.29 is 90.1 Å². The molecule has 0 amide bonds. The van der Waals surface area contributed by atoms with Crippen molar-refractivity contribution in [3.8, 4) is 51.6 Å². The van der Waals surface area contributed by atoms with Gasteiger partial charge in [0.15, 0.2) is 11.2 Å². The summed E-state index contributed by atoms with van der Waals surface area (Å²) in [6.45, 7) is 13.7. The van der Waals surface area contributed by atoms with Crippen LogP contribution in [-0.4, -0.2) is 166 Å². The summed E-state index contributed by atoms with van der Waals surface area (Å²) in [5.41, 5.74) is 1.22. The molecule has 476 valence electrons. The van der Waals surface area contributed by atoms with Crippen molar-refractivity contribution in [2.45, 2.75) is 78.4 Å². The number of aliphatic hydroxyl groups excluding tert-OH is 1. The average Bonchev–Trinajstić information content (AvgIpc) is 1.15. The predicted octanol–water partition coefficient (Wildman–Crippen LogP) is 11.1.